The lowest BCUT2D eigenvalue weighted by molar-refractivity contribution is -0.0776. The van der Waals surface area contributed by atoms with Gasteiger partial charge in [0.15, 0.2) is 0 Å². The molecule has 0 aromatic heterocycles. The molecule has 2 unspecified atom stereocenters. The molecule has 4 nitrogen and oxygen atoms in total. The van der Waals surface area contributed by atoms with Crippen molar-refractivity contribution in [2.24, 2.45) is 5.92 Å². The van der Waals surface area contributed by atoms with Crippen LogP contribution in [0.3, 0.4) is 0 Å². The minimum Gasteiger partial charge on any atom is -0.444 e. The number of hydrogen-bond acceptors (Lipinski definition) is 3. The third kappa shape index (κ3) is 3.10. The zero-order chi connectivity index (χ0) is 15.8. The zero-order valence-corrected chi connectivity index (χ0v) is 14.2. The minimum absolute atomic E-state index is 0.0844. The Kier molecular flexibility index (Phi) is 4.39. The van der Waals surface area contributed by atoms with Crippen molar-refractivity contribution >= 4 is 6.09 Å². The topological polar surface area (TPSA) is 32.8 Å². The third-order valence-electron chi connectivity index (χ3n) is 4.39. The van der Waals surface area contributed by atoms with Gasteiger partial charge in [0.2, 0.25) is 0 Å². The van der Waals surface area contributed by atoms with Gasteiger partial charge in [0.25, 0.3) is 0 Å². The summed E-state index contributed by atoms with van der Waals surface area (Å²) in [4.78, 5) is 16.9. The second-order valence-electron chi connectivity index (χ2n) is 7.84. The van der Waals surface area contributed by atoms with Gasteiger partial charge in [-0.3, -0.25) is 9.80 Å². The second-order valence-corrected chi connectivity index (χ2v) is 7.84. The normalized spacial score (nSPS) is 29.8. The van der Waals surface area contributed by atoms with Crippen molar-refractivity contribution in [3.63, 3.8) is 0 Å². The number of amides is 1. The fourth-order valence-corrected chi connectivity index (χ4v) is 3.75. The summed E-state index contributed by atoms with van der Waals surface area (Å²) in [6, 6.07) is 0.259. The molecule has 0 radical (unpaired) electrons. The highest BCUT2D eigenvalue weighted by atomic mass is 16.6. The monoisotopic (exact) mass is 294 g/mol. The molecule has 2 aliphatic rings. The van der Waals surface area contributed by atoms with E-state index in [0.29, 0.717) is 5.92 Å². The van der Waals surface area contributed by atoms with Crippen LogP contribution in [0.15, 0.2) is 12.7 Å². The second kappa shape index (κ2) is 5.64. The fourth-order valence-electron chi connectivity index (χ4n) is 3.75. The van der Waals surface area contributed by atoms with Crippen LogP contribution in [-0.2, 0) is 4.74 Å². The fraction of sp³-hybridized carbons (Fsp3) is 0.824. The Hall–Kier alpha value is -1.03. The summed E-state index contributed by atoms with van der Waals surface area (Å²) < 4.78 is 5.60. The van der Waals surface area contributed by atoms with E-state index < -0.39 is 5.60 Å². The summed E-state index contributed by atoms with van der Waals surface area (Å²) in [7, 11) is 0. The molecule has 0 aromatic carbocycles. The lowest BCUT2D eigenvalue weighted by Crippen LogP contribution is -2.75. The SMILES string of the molecule is C=CC1N(CC(C)C)CC12CCCN2C(=O)OC(C)(C)C. The van der Waals surface area contributed by atoms with Gasteiger partial charge >= 0.3 is 6.09 Å². The summed E-state index contributed by atoms with van der Waals surface area (Å²) in [5.74, 6) is 0.626. The molecule has 0 aliphatic carbocycles. The van der Waals surface area contributed by atoms with Crippen LogP contribution in [0.4, 0.5) is 4.79 Å². The van der Waals surface area contributed by atoms with Gasteiger partial charge in [-0.05, 0) is 39.5 Å². The maximum Gasteiger partial charge on any atom is 0.410 e. The molecule has 2 atom stereocenters. The Labute approximate surface area is 129 Å². The molecule has 4 heteroatoms. The average Bonchev–Trinajstić information content (AvgIpc) is 2.72. The van der Waals surface area contributed by atoms with Gasteiger partial charge in [-0.2, -0.15) is 0 Å². The first-order valence-corrected chi connectivity index (χ1v) is 8.07. The van der Waals surface area contributed by atoms with Crippen molar-refractivity contribution in [3.8, 4) is 0 Å². The van der Waals surface area contributed by atoms with Gasteiger partial charge in [0, 0.05) is 19.6 Å². The Bertz CT molecular complexity index is 414. The van der Waals surface area contributed by atoms with E-state index >= 15 is 0 Å². The van der Waals surface area contributed by atoms with Crippen molar-refractivity contribution in [2.75, 3.05) is 19.6 Å². The molecule has 0 saturated carbocycles. The number of carbonyl (C=O) groups excluding carboxylic acids is 1. The van der Waals surface area contributed by atoms with Gasteiger partial charge in [-0.1, -0.05) is 19.9 Å². The molecule has 0 aromatic rings. The quantitative estimate of drug-likeness (QED) is 0.749. The van der Waals surface area contributed by atoms with Crippen LogP contribution in [0.2, 0.25) is 0 Å². The predicted octanol–water partition coefficient (Wildman–Crippen LogP) is 3.28. The van der Waals surface area contributed by atoms with E-state index in [9.17, 15) is 4.79 Å². The Morgan fingerprint density at radius 1 is 1.48 bits per heavy atom. The molecular weight excluding hydrogens is 264 g/mol. The molecule has 0 bridgehead atoms. The van der Waals surface area contributed by atoms with E-state index in [0.717, 1.165) is 32.5 Å². The number of nitrogens with zero attached hydrogens (tertiary/aromatic N) is 2. The Balaban J connectivity index is 2.11. The lowest BCUT2D eigenvalue weighted by atomic mass is 9.77. The van der Waals surface area contributed by atoms with Gasteiger partial charge in [0.1, 0.15) is 5.60 Å². The number of ether oxygens (including phenoxy) is 1. The molecule has 2 aliphatic heterocycles. The van der Waals surface area contributed by atoms with Crippen LogP contribution in [0, 0.1) is 5.92 Å². The number of likely N-dealkylation sites (tertiary alicyclic amines) is 2. The standard InChI is InChI=1S/C17H30N2O2/c1-7-14-17(12-18(14)11-13(2)3)9-8-10-19(17)15(20)21-16(4,5)6/h7,13-14H,1,8-12H2,2-6H3. The zero-order valence-electron chi connectivity index (χ0n) is 14.2. The molecule has 1 spiro atoms. The number of carbonyl (C=O) groups is 1. The molecular formula is C17H30N2O2. The van der Waals surface area contributed by atoms with E-state index in [1.807, 2.05) is 31.7 Å². The van der Waals surface area contributed by atoms with Crippen molar-refractivity contribution in [3.05, 3.63) is 12.7 Å². The maximum absolute atomic E-state index is 12.5. The smallest absolute Gasteiger partial charge is 0.410 e. The highest BCUT2D eigenvalue weighted by molar-refractivity contribution is 5.70. The van der Waals surface area contributed by atoms with Crippen LogP contribution in [0.25, 0.3) is 0 Å². The molecule has 21 heavy (non-hydrogen) atoms. The van der Waals surface area contributed by atoms with Crippen molar-refractivity contribution in [2.45, 2.75) is 64.6 Å². The largest absolute Gasteiger partial charge is 0.444 e. The lowest BCUT2D eigenvalue weighted by Gasteiger charge is -2.58. The number of rotatable bonds is 3. The maximum atomic E-state index is 12.5. The van der Waals surface area contributed by atoms with E-state index in [1.165, 1.54) is 0 Å². The van der Waals surface area contributed by atoms with E-state index in [1.54, 1.807) is 0 Å². The van der Waals surface area contributed by atoms with E-state index in [4.69, 9.17) is 4.74 Å². The van der Waals surface area contributed by atoms with E-state index in [-0.39, 0.29) is 17.7 Å². The van der Waals surface area contributed by atoms with Gasteiger partial charge in [-0.25, -0.2) is 4.79 Å². The van der Waals surface area contributed by atoms with Crippen molar-refractivity contribution < 1.29 is 9.53 Å². The molecule has 2 heterocycles. The van der Waals surface area contributed by atoms with Gasteiger partial charge in [0.05, 0.1) is 11.6 Å². The molecule has 1 amide bonds. The third-order valence-corrected chi connectivity index (χ3v) is 4.39. The summed E-state index contributed by atoms with van der Waals surface area (Å²) in [5, 5.41) is 0. The first kappa shape index (κ1) is 16.3. The average molecular weight is 294 g/mol. The van der Waals surface area contributed by atoms with Crippen molar-refractivity contribution in [1.29, 1.82) is 0 Å². The predicted molar refractivity (Wildman–Crippen MR) is 85.3 cm³/mol. The highest BCUT2D eigenvalue weighted by Gasteiger charge is 2.58. The van der Waals surface area contributed by atoms with Crippen LogP contribution in [0.5, 0.6) is 0 Å². The molecule has 0 N–H and O–H groups in total. The number of hydrogen-bond donors (Lipinski definition) is 0. The summed E-state index contributed by atoms with van der Waals surface area (Å²) in [5.41, 5.74) is -0.523. The molecule has 2 saturated heterocycles. The van der Waals surface area contributed by atoms with Crippen molar-refractivity contribution in [1.82, 2.24) is 9.80 Å². The first-order chi connectivity index (χ1) is 9.69. The molecule has 2 fully saturated rings. The van der Waals surface area contributed by atoms with Crippen LogP contribution in [0.1, 0.15) is 47.5 Å². The first-order valence-electron chi connectivity index (χ1n) is 8.07. The minimum atomic E-state index is -0.439. The highest BCUT2D eigenvalue weighted by Crippen LogP contribution is 2.44. The van der Waals surface area contributed by atoms with Crippen LogP contribution >= 0.6 is 0 Å². The van der Waals surface area contributed by atoms with Gasteiger partial charge in [-0.15, -0.1) is 6.58 Å². The summed E-state index contributed by atoms with van der Waals surface area (Å²) >= 11 is 0. The Morgan fingerprint density at radius 2 is 2.14 bits per heavy atom. The molecule has 120 valence electrons. The van der Waals surface area contributed by atoms with E-state index in [2.05, 4.69) is 25.3 Å². The molecule has 2 rings (SSSR count). The summed E-state index contributed by atoms with van der Waals surface area (Å²) in [6.07, 6.45) is 3.95. The summed E-state index contributed by atoms with van der Waals surface area (Å²) in [6.45, 7) is 17.0. The van der Waals surface area contributed by atoms with Crippen LogP contribution < -0.4 is 0 Å². The Morgan fingerprint density at radius 3 is 2.67 bits per heavy atom. The van der Waals surface area contributed by atoms with Gasteiger partial charge < -0.3 is 4.74 Å². The van der Waals surface area contributed by atoms with Crippen LogP contribution in [-0.4, -0.2) is 52.7 Å².